The van der Waals surface area contributed by atoms with Crippen LogP contribution in [0.4, 0.5) is 0 Å². The van der Waals surface area contributed by atoms with Gasteiger partial charge in [0.25, 0.3) is 0 Å². The van der Waals surface area contributed by atoms with E-state index in [0.717, 1.165) is 0 Å². The Kier molecular flexibility index (Phi) is 24.2. The SMILES string of the molecule is CC(=O)[CH2][AlH].O.[Ba+2].[H-].[H-]. The van der Waals surface area contributed by atoms with Gasteiger partial charge in [-0.05, 0) is 6.92 Å². The van der Waals surface area contributed by atoms with Gasteiger partial charge in [0.05, 0.1) is 0 Å². The van der Waals surface area contributed by atoms with E-state index in [2.05, 4.69) is 0 Å². The minimum atomic E-state index is 0. The van der Waals surface area contributed by atoms with Gasteiger partial charge in [-0.15, -0.1) is 0 Å². The zero-order chi connectivity index (χ0) is 4.28. The number of hydrogen-bond acceptors (Lipinski definition) is 1. The van der Waals surface area contributed by atoms with Crippen LogP contribution in [0.3, 0.4) is 0 Å². The van der Waals surface area contributed by atoms with Gasteiger partial charge in [-0.25, -0.2) is 0 Å². The molecule has 7 heavy (non-hydrogen) atoms. The zero-order valence-corrected chi connectivity index (χ0v) is 10.4. The first kappa shape index (κ1) is 15.9. The predicted molar refractivity (Wildman–Crippen MR) is 34.2 cm³/mol. The monoisotopic (exact) mass is 243 g/mol. The smallest absolute Gasteiger partial charge is 1.00 e. The molecule has 2 nitrogen and oxygen atoms in total. The van der Waals surface area contributed by atoms with Crippen molar-refractivity contribution in [2.24, 2.45) is 0 Å². The summed E-state index contributed by atoms with van der Waals surface area (Å²) in [5, 5.41) is 0.694. The molecule has 0 bridgehead atoms. The van der Waals surface area contributed by atoms with Crippen molar-refractivity contribution in [3.63, 3.8) is 0 Å². The third-order valence-electron chi connectivity index (χ3n) is 0.352. The van der Waals surface area contributed by atoms with Crippen LogP contribution in [-0.2, 0) is 4.79 Å². The Labute approximate surface area is 94.8 Å². The summed E-state index contributed by atoms with van der Waals surface area (Å²) < 4.78 is 0. The molecular weight excluding hydrogens is 232 g/mol. The summed E-state index contributed by atoms with van der Waals surface area (Å²) >= 11 is 1.68. The zero-order valence-electron chi connectivity index (χ0n) is 6.53. The van der Waals surface area contributed by atoms with E-state index in [-0.39, 0.29) is 63.0 Å². The molecule has 0 spiro atoms. The average molecular weight is 242 g/mol. The molecule has 0 heterocycles. The van der Waals surface area contributed by atoms with Gasteiger partial charge in [-0.1, -0.05) is 5.28 Å². The van der Waals surface area contributed by atoms with Gasteiger partial charge in [-0.3, -0.25) is 0 Å². The summed E-state index contributed by atoms with van der Waals surface area (Å²) in [5.74, 6) is 0.267. The Morgan fingerprint density at radius 2 is 2.00 bits per heavy atom. The first-order valence-electron chi connectivity index (χ1n) is 1.56. The van der Waals surface area contributed by atoms with Gasteiger partial charge in [0, 0.05) is 0 Å². The summed E-state index contributed by atoms with van der Waals surface area (Å²) in [6.07, 6.45) is 0. The van der Waals surface area contributed by atoms with Gasteiger partial charge >= 0.3 is 48.9 Å². The second-order valence-electron chi connectivity index (χ2n) is 0.952. The summed E-state index contributed by atoms with van der Waals surface area (Å²) in [6.45, 7) is 1.59. The van der Waals surface area contributed by atoms with E-state index in [9.17, 15) is 4.79 Å². The Morgan fingerprint density at radius 3 is 2.00 bits per heavy atom. The Hall–Kier alpha value is 1.73. The first-order valence-corrected chi connectivity index (χ1v) is 2.56. The van der Waals surface area contributed by atoms with Crippen LogP contribution in [0, 0.1) is 0 Å². The van der Waals surface area contributed by atoms with Crippen molar-refractivity contribution in [3.05, 3.63) is 0 Å². The van der Waals surface area contributed by atoms with Gasteiger partial charge in [0.2, 0.25) is 0 Å². The van der Waals surface area contributed by atoms with Gasteiger partial charge in [0.1, 0.15) is 5.78 Å². The normalized spacial score (nSPS) is 5.29. The number of ketones is 1. The molecule has 0 fully saturated rings. The van der Waals surface area contributed by atoms with Crippen LogP contribution in [0.5, 0.6) is 0 Å². The fourth-order valence-electron chi connectivity index (χ4n) is 0. The van der Waals surface area contributed by atoms with Crippen LogP contribution in [0.2, 0.25) is 5.28 Å². The fourth-order valence-corrected chi connectivity index (χ4v) is 0. The molecule has 0 saturated heterocycles. The maximum atomic E-state index is 9.82. The van der Waals surface area contributed by atoms with Crippen LogP contribution < -0.4 is 0 Å². The number of hydrogen-bond donors (Lipinski definition) is 0. The molecule has 0 rings (SSSR count). The largest absolute Gasteiger partial charge is 2.00 e. The molecule has 4 heteroatoms. The van der Waals surface area contributed by atoms with Crippen molar-refractivity contribution in [1.29, 1.82) is 0 Å². The average Bonchev–Trinajstić information content (AvgIpc) is 1.38. The summed E-state index contributed by atoms with van der Waals surface area (Å²) in [6, 6.07) is 0. The maximum Gasteiger partial charge on any atom is 2.00 e. The van der Waals surface area contributed by atoms with E-state index in [1.165, 1.54) is 0 Å². The molecule has 2 N–H and O–H groups in total. The van der Waals surface area contributed by atoms with Crippen molar-refractivity contribution in [2.75, 3.05) is 0 Å². The van der Waals surface area contributed by atoms with E-state index in [1.807, 2.05) is 0 Å². The Balaban J connectivity index is -0.0000000133. The minimum Gasteiger partial charge on any atom is -1.00 e. The second kappa shape index (κ2) is 10.7. The van der Waals surface area contributed by atoms with Crippen LogP contribution >= 0.6 is 0 Å². The summed E-state index contributed by atoms with van der Waals surface area (Å²) in [4.78, 5) is 9.82. The van der Waals surface area contributed by atoms with E-state index in [0.29, 0.717) is 5.28 Å². The van der Waals surface area contributed by atoms with E-state index >= 15 is 0 Å². The minimum absolute atomic E-state index is 0. The van der Waals surface area contributed by atoms with Crippen molar-refractivity contribution in [2.45, 2.75) is 12.2 Å². The predicted octanol–water partition coefficient (Wildman–Crippen LogP) is -1.09. The Bertz CT molecular complexity index is 55.1. The number of carbonyl (C=O) groups excluding carboxylic acids is 1. The van der Waals surface area contributed by atoms with E-state index in [1.54, 1.807) is 23.2 Å². The molecule has 0 aromatic rings. The molecule has 0 atom stereocenters. The molecule has 0 saturated carbocycles. The molecule has 0 aliphatic rings. The standard InChI is InChI=1S/C3H5O.Al.Ba.H2O.3H/c1-3(2)4;;;;;;/h1H2,2H3;;;1H2;;;/q;;+2;;;2*-1. The third-order valence-corrected chi connectivity index (χ3v) is 1.06. The number of Topliss-reactive ketones (excluding diaryl/α,β-unsaturated/α-hetero) is 1. The first-order chi connectivity index (χ1) is 2.27. The van der Waals surface area contributed by atoms with Gasteiger partial charge in [-0.2, -0.15) is 0 Å². The fraction of sp³-hybridized carbons (Fsp3) is 0.667. The van der Waals surface area contributed by atoms with E-state index < -0.39 is 0 Å². The van der Waals surface area contributed by atoms with Crippen molar-refractivity contribution < 1.29 is 13.1 Å². The molecule has 0 unspecified atom stereocenters. The second-order valence-corrected chi connectivity index (χ2v) is 1.45. The maximum absolute atomic E-state index is 9.82. The quantitative estimate of drug-likeness (QED) is 0.539. The molecular formula is C3H10AlBaO2. The summed E-state index contributed by atoms with van der Waals surface area (Å²) in [5.41, 5.74) is 0. The third kappa shape index (κ3) is 18.2. The van der Waals surface area contributed by atoms with Crippen molar-refractivity contribution in [1.82, 2.24) is 0 Å². The molecule has 0 amide bonds. The number of rotatable bonds is 1. The van der Waals surface area contributed by atoms with E-state index in [4.69, 9.17) is 0 Å². The van der Waals surface area contributed by atoms with Crippen molar-refractivity contribution >= 4 is 71.0 Å². The van der Waals surface area contributed by atoms with Crippen LogP contribution in [0.1, 0.15) is 9.78 Å². The van der Waals surface area contributed by atoms with Crippen LogP contribution in [0.25, 0.3) is 0 Å². The van der Waals surface area contributed by atoms with Gasteiger partial charge in [0.15, 0.2) is 16.3 Å². The van der Waals surface area contributed by atoms with Crippen LogP contribution in [-0.4, -0.2) is 76.4 Å². The van der Waals surface area contributed by atoms with Gasteiger partial charge < -0.3 is 13.1 Å². The molecule has 0 aromatic heterocycles. The molecule has 0 aromatic carbocycles. The molecule has 0 aliphatic carbocycles. The van der Waals surface area contributed by atoms with Crippen LogP contribution in [0.15, 0.2) is 0 Å². The Morgan fingerprint density at radius 1 is 1.86 bits per heavy atom. The topological polar surface area (TPSA) is 48.6 Å². The molecule has 0 aliphatic heterocycles. The number of carbonyl (C=O) groups is 1. The molecule has 39 valence electrons. The van der Waals surface area contributed by atoms with Crippen molar-refractivity contribution in [3.8, 4) is 0 Å². The molecule has 1 radical (unpaired) electrons. The summed E-state index contributed by atoms with van der Waals surface area (Å²) in [7, 11) is 0.